The number of hydrogen-bond donors (Lipinski definition) is 1. The minimum absolute atomic E-state index is 0.213. The maximum Gasteiger partial charge on any atom is 0.267 e. The summed E-state index contributed by atoms with van der Waals surface area (Å²) >= 11 is 1.32. The van der Waals surface area contributed by atoms with Crippen LogP contribution < -0.4 is 4.72 Å². The van der Waals surface area contributed by atoms with Crippen LogP contribution in [0.2, 0.25) is 0 Å². The maximum atomic E-state index is 12.6. The van der Waals surface area contributed by atoms with E-state index in [-0.39, 0.29) is 4.90 Å². The molecule has 0 saturated heterocycles. The van der Waals surface area contributed by atoms with Crippen LogP contribution in [0.1, 0.15) is 17.0 Å². The van der Waals surface area contributed by atoms with Gasteiger partial charge in [0.25, 0.3) is 10.0 Å². The molecule has 0 spiro atoms. The smallest absolute Gasteiger partial charge is 0.267 e. The van der Waals surface area contributed by atoms with Crippen molar-refractivity contribution in [3.8, 4) is 0 Å². The van der Waals surface area contributed by atoms with E-state index in [9.17, 15) is 8.42 Å². The second-order valence-corrected chi connectivity index (χ2v) is 7.87. The topological polar surface area (TPSA) is 76.9 Å². The Balaban J connectivity index is 2.02. The minimum atomic E-state index is -3.70. The van der Waals surface area contributed by atoms with E-state index in [1.165, 1.54) is 11.3 Å². The molecule has 0 fully saturated rings. The predicted octanol–water partition coefficient (Wildman–Crippen LogP) is 2.76. The Kier molecular flexibility index (Phi) is 3.45. The van der Waals surface area contributed by atoms with Crippen LogP contribution in [0.15, 0.2) is 23.1 Å². The van der Waals surface area contributed by atoms with Crippen LogP contribution >= 0.6 is 11.3 Å². The predicted molar refractivity (Wildman–Crippen MR) is 87.8 cm³/mol. The van der Waals surface area contributed by atoms with Crippen molar-refractivity contribution in [3.63, 3.8) is 0 Å². The van der Waals surface area contributed by atoms with Crippen molar-refractivity contribution in [2.45, 2.75) is 25.7 Å². The number of fused-ring (bicyclic) bond motifs is 1. The van der Waals surface area contributed by atoms with Gasteiger partial charge in [-0.05, 0) is 38.5 Å². The van der Waals surface area contributed by atoms with Gasteiger partial charge < -0.3 is 0 Å². The zero-order valence-corrected chi connectivity index (χ0v) is 14.3. The van der Waals surface area contributed by atoms with Crippen LogP contribution in [-0.4, -0.2) is 23.2 Å². The molecule has 8 heteroatoms. The lowest BCUT2D eigenvalue weighted by Crippen LogP contribution is -2.14. The van der Waals surface area contributed by atoms with Gasteiger partial charge in [0, 0.05) is 7.05 Å². The maximum absolute atomic E-state index is 12.6. The van der Waals surface area contributed by atoms with Crippen molar-refractivity contribution in [2.75, 3.05) is 4.72 Å². The number of hydrogen-bond acceptors (Lipinski definition) is 5. The molecular weight excluding hydrogens is 320 g/mol. The van der Waals surface area contributed by atoms with E-state index in [1.807, 2.05) is 25.1 Å². The van der Waals surface area contributed by atoms with Crippen LogP contribution in [0.3, 0.4) is 0 Å². The number of rotatable bonds is 3. The molecule has 0 aliphatic heterocycles. The van der Waals surface area contributed by atoms with Gasteiger partial charge in [0.1, 0.15) is 4.90 Å². The lowest BCUT2D eigenvalue weighted by atomic mass is 10.2. The van der Waals surface area contributed by atoms with Gasteiger partial charge in [0.05, 0.1) is 21.6 Å². The minimum Gasteiger partial charge on any atom is -0.271 e. The molecule has 3 rings (SSSR count). The standard InChI is InChI=1S/C14H16N4O2S2/c1-8-5-6-11-12(7-8)21-14(15-11)17-22(19,20)13-9(2)16-18(4)10(13)3/h5-7H,1-4H3,(H,15,17). The number of thiazole rings is 1. The molecule has 2 aromatic heterocycles. The molecule has 1 aromatic carbocycles. The summed E-state index contributed by atoms with van der Waals surface area (Å²) in [4.78, 5) is 4.55. The summed E-state index contributed by atoms with van der Waals surface area (Å²) in [5.41, 5.74) is 2.98. The number of nitrogens with zero attached hydrogens (tertiary/aromatic N) is 3. The quantitative estimate of drug-likeness (QED) is 0.798. The summed E-state index contributed by atoms with van der Waals surface area (Å²) in [6, 6.07) is 5.83. The first kappa shape index (κ1) is 15.0. The Bertz CT molecular complexity index is 970. The molecule has 0 radical (unpaired) electrons. The summed E-state index contributed by atoms with van der Waals surface area (Å²) in [5.74, 6) is 0. The van der Waals surface area contributed by atoms with E-state index in [1.54, 1.807) is 25.6 Å². The molecular formula is C14H16N4O2S2. The van der Waals surface area contributed by atoms with E-state index in [2.05, 4.69) is 14.8 Å². The molecule has 2 heterocycles. The number of aromatic nitrogens is 3. The Morgan fingerprint density at radius 1 is 1.23 bits per heavy atom. The number of benzene rings is 1. The molecule has 1 N–H and O–H groups in total. The van der Waals surface area contributed by atoms with E-state index in [0.717, 1.165) is 15.8 Å². The van der Waals surface area contributed by atoms with Crippen molar-refractivity contribution in [1.29, 1.82) is 0 Å². The highest BCUT2D eigenvalue weighted by Gasteiger charge is 2.25. The van der Waals surface area contributed by atoms with Gasteiger partial charge in [-0.2, -0.15) is 5.10 Å². The summed E-state index contributed by atoms with van der Waals surface area (Å²) < 4.78 is 30.3. The Morgan fingerprint density at radius 3 is 2.59 bits per heavy atom. The number of anilines is 1. The third-order valence-corrected chi connectivity index (χ3v) is 6.13. The highest BCUT2D eigenvalue weighted by molar-refractivity contribution is 7.93. The number of aryl methyl sites for hydroxylation is 3. The Hall–Kier alpha value is -1.93. The first-order valence-corrected chi connectivity index (χ1v) is 8.98. The Labute approximate surface area is 132 Å². The van der Waals surface area contributed by atoms with Gasteiger partial charge in [0.2, 0.25) is 0 Å². The molecule has 0 unspecified atom stereocenters. The molecule has 6 nitrogen and oxygen atoms in total. The highest BCUT2D eigenvalue weighted by Crippen LogP contribution is 2.29. The van der Waals surface area contributed by atoms with Crippen LogP contribution in [0.4, 0.5) is 5.13 Å². The zero-order valence-electron chi connectivity index (χ0n) is 12.7. The number of nitrogens with one attached hydrogen (secondary N) is 1. The fraction of sp³-hybridized carbons (Fsp3) is 0.286. The summed E-state index contributed by atoms with van der Waals surface area (Å²) in [5, 5.41) is 4.52. The molecule has 3 aromatic rings. The first-order valence-electron chi connectivity index (χ1n) is 6.68. The molecule has 0 atom stereocenters. The molecule has 0 aliphatic rings. The lowest BCUT2D eigenvalue weighted by Gasteiger charge is -2.05. The lowest BCUT2D eigenvalue weighted by molar-refractivity contribution is 0.599. The second kappa shape index (κ2) is 5.06. The monoisotopic (exact) mass is 336 g/mol. The van der Waals surface area contributed by atoms with Crippen LogP contribution in [-0.2, 0) is 17.1 Å². The number of sulfonamides is 1. The molecule has 22 heavy (non-hydrogen) atoms. The van der Waals surface area contributed by atoms with Crippen LogP contribution in [0.5, 0.6) is 0 Å². The molecule has 116 valence electrons. The van der Waals surface area contributed by atoms with E-state index >= 15 is 0 Å². The summed E-state index contributed by atoms with van der Waals surface area (Å²) in [7, 11) is -1.97. The van der Waals surface area contributed by atoms with Crippen LogP contribution in [0.25, 0.3) is 10.2 Å². The van der Waals surface area contributed by atoms with Gasteiger partial charge >= 0.3 is 0 Å². The second-order valence-electron chi connectivity index (χ2n) is 5.22. The van der Waals surface area contributed by atoms with Crippen molar-refractivity contribution in [2.24, 2.45) is 7.05 Å². The largest absolute Gasteiger partial charge is 0.271 e. The molecule has 0 saturated carbocycles. The summed E-state index contributed by atoms with van der Waals surface area (Å²) in [6.45, 7) is 5.41. The van der Waals surface area contributed by atoms with Crippen molar-refractivity contribution in [3.05, 3.63) is 35.2 Å². The molecule has 0 bridgehead atoms. The third-order valence-electron chi connectivity index (χ3n) is 3.48. The zero-order chi connectivity index (χ0) is 16.1. The van der Waals surface area contributed by atoms with Gasteiger partial charge in [-0.25, -0.2) is 13.4 Å². The highest BCUT2D eigenvalue weighted by atomic mass is 32.2. The first-order chi connectivity index (χ1) is 10.3. The SMILES string of the molecule is Cc1ccc2nc(NS(=O)(=O)c3c(C)nn(C)c3C)sc2c1. The van der Waals surface area contributed by atoms with Crippen molar-refractivity contribution >= 4 is 36.7 Å². The van der Waals surface area contributed by atoms with Gasteiger partial charge in [-0.15, -0.1) is 0 Å². The van der Waals surface area contributed by atoms with Gasteiger partial charge in [-0.3, -0.25) is 9.40 Å². The van der Waals surface area contributed by atoms with Gasteiger partial charge in [0.15, 0.2) is 5.13 Å². The molecule has 0 amide bonds. The average molecular weight is 336 g/mol. The summed E-state index contributed by atoms with van der Waals surface area (Å²) in [6.07, 6.45) is 0. The third kappa shape index (κ3) is 2.48. The van der Waals surface area contributed by atoms with Crippen molar-refractivity contribution < 1.29 is 8.42 Å². The Morgan fingerprint density at radius 2 is 1.95 bits per heavy atom. The molecule has 0 aliphatic carbocycles. The fourth-order valence-corrected chi connectivity index (χ4v) is 5.02. The fourth-order valence-electron chi connectivity index (χ4n) is 2.38. The van der Waals surface area contributed by atoms with Crippen molar-refractivity contribution in [1.82, 2.24) is 14.8 Å². The van der Waals surface area contributed by atoms with Gasteiger partial charge in [-0.1, -0.05) is 17.4 Å². The van der Waals surface area contributed by atoms with E-state index in [4.69, 9.17) is 0 Å². The van der Waals surface area contributed by atoms with Crippen LogP contribution in [0, 0.1) is 20.8 Å². The van der Waals surface area contributed by atoms with E-state index < -0.39 is 10.0 Å². The normalized spacial score (nSPS) is 12.0. The average Bonchev–Trinajstić information content (AvgIpc) is 2.89. The van der Waals surface area contributed by atoms with E-state index in [0.29, 0.717) is 16.5 Å².